The summed E-state index contributed by atoms with van der Waals surface area (Å²) in [6.07, 6.45) is 0. The van der Waals surface area contributed by atoms with Gasteiger partial charge in [0.1, 0.15) is 5.52 Å². The molecule has 0 unspecified atom stereocenters. The predicted octanol–water partition coefficient (Wildman–Crippen LogP) is 2.05. The normalized spacial score (nSPS) is 11.8. The quantitative estimate of drug-likeness (QED) is 0.687. The largest absolute Gasteiger partial charge is 0.448 e. The molecule has 0 bridgehead atoms. The molecule has 0 saturated carbocycles. The monoisotopic (exact) mass is 290 g/mol. The lowest BCUT2D eigenvalue weighted by molar-refractivity contribution is 0.331. The lowest BCUT2D eigenvalue weighted by Gasteiger charge is -2.07. The van der Waals surface area contributed by atoms with E-state index in [-0.39, 0.29) is 5.75 Å². The third-order valence-electron chi connectivity index (χ3n) is 2.73. The van der Waals surface area contributed by atoms with Gasteiger partial charge < -0.3 is 4.18 Å². The van der Waals surface area contributed by atoms with E-state index in [0.717, 1.165) is 12.6 Å². The van der Waals surface area contributed by atoms with Crippen molar-refractivity contribution in [3.05, 3.63) is 42.5 Å². The summed E-state index contributed by atoms with van der Waals surface area (Å²) in [5.41, 5.74) is 2.30. The average molecular weight is 290 g/mol. The van der Waals surface area contributed by atoms with Gasteiger partial charge in [-0.15, -0.1) is 0 Å². The van der Waals surface area contributed by atoms with E-state index in [4.69, 9.17) is 4.18 Å². The summed E-state index contributed by atoms with van der Waals surface area (Å²) in [6, 6.07) is 12.2. The number of benzene rings is 2. The van der Waals surface area contributed by atoms with E-state index in [1.165, 1.54) is 6.07 Å². The molecule has 0 spiro atoms. The Morgan fingerprint density at radius 2 is 1.55 bits per heavy atom. The van der Waals surface area contributed by atoms with E-state index >= 15 is 0 Å². The van der Waals surface area contributed by atoms with Crippen molar-refractivity contribution in [1.82, 2.24) is 9.97 Å². The molecule has 7 heteroatoms. The van der Waals surface area contributed by atoms with Crippen molar-refractivity contribution in [2.75, 3.05) is 7.11 Å². The van der Waals surface area contributed by atoms with Gasteiger partial charge in [0.25, 0.3) is 0 Å². The zero-order chi connectivity index (χ0) is 14.2. The second-order valence-electron chi connectivity index (χ2n) is 3.99. The molecule has 2 aromatic carbocycles. The minimum atomic E-state index is -4.09. The lowest BCUT2D eigenvalue weighted by atomic mass is 10.2. The number of hydrogen-bond donors (Lipinski definition) is 0. The number of hydrogen-bond acceptors (Lipinski definition) is 6. The van der Waals surface area contributed by atoms with Gasteiger partial charge in [0.15, 0.2) is 5.75 Å². The first-order valence-electron chi connectivity index (χ1n) is 5.74. The van der Waals surface area contributed by atoms with Crippen molar-refractivity contribution in [1.29, 1.82) is 0 Å². The van der Waals surface area contributed by atoms with Crippen LogP contribution in [0.15, 0.2) is 42.5 Å². The number of fused-ring (bicyclic) bond motifs is 2. The number of nitrogens with zero attached hydrogens (tertiary/aromatic N) is 2. The zero-order valence-electron chi connectivity index (χ0n) is 10.5. The highest BCUT2D eigenvalue weighted by molar-refractivity contribution is 7.82. The summed E-state index contributed by atoms with van der Waals surface area (Å²) in [4.78, 5) is 8.80. The topological polar surface area (TPSA) is 78.4 Å². The van der Waals surface area contributed by atoms with Gasteiger partial charge in [-0.3, -0.25) is 0 Å². The molecule has 0 aliphatic heterocycles. The van der Waals surface area contributed by atoms with Gasteiger partial charge in [-0.2, -0.15) is 8.42 Å². The Labute approximate surface area is 115 Å². The maximum atomic E-state index is 11.4. The Bertz CT molecular complexity index is 893. The SMILES string of the molecule is COS(=O)(=O)Oc1cccc2nc3ccccc3nc12. The van der Waals surface area contributed by atoms with Gasteiger partial charge in [0.2, 0.25) is 0 Å². The molecule has 0 N–H and O–H groups in total. The summed E-state index contributed by atoms with van der Waals surface area (Å²) in [5.74, 6) is 0.0857. The van der Waals surface area contributed by atoms with Crippen LogP contribution in [0.1, 0.15) is 0 Å². The van der Waals surface area contributed by atoms with Crippen LogP contribution in [-0.4, -0.2) is 25.5 Å². The molecule has 6 nitrogen and oxygen atoms in total. The highest BCUT2D eigenvalue weighted by Crippen LogP contribution is 2.26. The van der Waals surface area contributed by atoms with Crippen molar-refractivity contribution in [3.63, 3.8) is 0 Å². The summed E-state index contributed by atoms with van der Waals surface area (Å²) >= 11 is 0. The summed E-state index contributed by atoms with van der Waals surface area (Å²) < 4.78 is 31.9. The molecule has 0 aliphatic carbocycles. The maximum Gasteiger partial charge on any atom is 0.448 e. The maximum absolute atomic E-state index is 11.4. The Balaban J connectivity index is 2.25. The first-order chi connectivity index (χ1) is 9.59. The summed E-state index contributed by atoms with van der Waals surface area (Å²) in [5, 5.41) is 0. The second kappa shape index (κ2) is 4.69. The van der Waals surface area contributed by atoms with Crippen LogP contribution >= 0.6 is 0 Å². The van der Waals surface area contributed by atoms with Gasteiger partial charge >= 0.3 is 10.4 Å². The molecule has 0 saturated heterocycles. The van der Waals surface area contributed by atoms with E-state index in [2.05, 4.69) is 14.2 Å². The molecule has 1 heterocycles. The molecule has 0 fully saturated rings. The van der Waals surface area contributed by atoms with E-state index in [1.807, 2.05) is 18.2 Å². The standard InChI is InChI=1S/C13H10N2O4S/c1-18-20(16,17)19-12-8-4-7-11-13(12)15-10-6-3-2-5-9(10)14-11/h2-8H,1H3. The van der Waals surface area contributed by atoms with Crippen LogP contribution in [0.2, 0.25) is 0 Å². The molecule has 1 aromatic heterocycles. The minimum absolute atomic E-state index is 0.0857. The molecule has 0 radical (unpaired) electrons. The third kappa shape index (κ3) is 2.28. The van der Waals surface area contributed by atoms with Crippen molar-refractivity contribution in [2.45, 2.75) is 0 Å². The number of aromatic nitrogens is 2. The van der Waals surface area contributed by atoms with Crippen LogP contribution in [0, 0.1) is 0 Å². The van der Waals surface area contributed by atoms with Gasteiger partial charge in [-0.05, 0) is 24.3 Å². The number of rotatable bonds is 3. The van der Waals surface area contributed by atoms with Crippen molar-refractivity contribution < 1.29 is 16.8 Å². The Morgan fingerprint density at radius 1 is 0.900 bits per heavy atom. The van der Waals surface area contributed by atoms with E-state index in [9.17, 15) is 8.42 Å². The van der Waals surface area contributed by atoms with E-state index in [0.29, 0.717) is 16.6 Å². The van der Waals surface area contributed by atoms with Crippen LogP contribution in [0.3, 0.4) is 0 Å². The highest BCUT2D eigenvalue weighted by Gasteiger charge is 2.15. The highest BCUT2D eigenvalue weighted by atomic mass is 32.3. The Kier molecular flexibility index (Phi) is 3.00. The molecule has 3 rings (SSSR count). The van der Waals surface area contributed by atoms with Gasteiger partial charge in [-0.25, -0.2) is 14.2 Å². The molecule has 20 heavy (non-hydrogen) atoms. The lowest BCUT2D eigenvalue weighted by Crippen LogP contribution is -2.11. The number of para-hydroxylation sites is 3. The van der Waals surface area contributed by atoms with Crippen LogP contribution in [0.4, 0.5) is 0 Å². The fraction of sp³-hybridized carbons (Fsp3) is 0.0769. The van der Waals surface area contributed by atoms with Gasteiger partial charge in [0, 0.05) is 0 Å². The van der Waals surface area contributed by atoms with Crippen LogP contribution in [0.25, 0.3) is 22.1 Å². The molecule has 0 aliphatic rings. The van der Waals surface area contributed by atoms with Gasteiger partial charge in [-0.1, -0.05) is 18.2 Å². The molecule has 3 aromatic rings. The van der Waals surface area contributed by atoms with Crippen molar-refractivity contribution in [2.24, 2.45) is 0 Å². The fourth-order valence-electron chi connectivity index (χ4n) is 1.83. The zero-order valence-corrected chi connectivity index (χ0v) is 11.3. The van der Waals surface area contributed by atoms with Crippen molar-refractivity contribution in [3.8, 4) is 5.75 Å². The Morgan fingerprint density at radius 3 is 2.25 bits per heavy atom. The summed E-state index contributed by atoms with van der Waals surface area (Å²) in [6.45, 7) is 0. The van der Waals surface area contributed by atoms with E-state index < -0.39 is 10.4 Å². The first-order valence-corrected chi connectivity index (χ1v) is 7.08. The van der Waals surface area contributed by atoms with Crippen LogP contribution in [-0.2, 0) is 14.6 Å². The molecule has 0 atom stereocenters. The molecule has 102 valence electrons. The Hall–Kier alpha value is -2.25. The molecular weight excluding hydrogens is 280 g/mol. The van der Waals surface area contributed by atoms with E-state index in [1.54, 1.807) is 18.2 Å². The smallest absolute Gasteiger partial charge is 0.359 e. The molecular formula is C13H10N2O4S. The fourth-order valence-corrected chi connectivity index (χ4v) is 2.25. The summed E-state index contributed by atoms with van der Waals surface area (Å²) in [7, 11) is -3.06. The molecule has 0 amide bonds. The van der Waals surface area contributed by atoms with Crippen LogP contribution < -0.4 is 4.18 Å². The third-order valence-corrected chi connectivity index (χ3v) is 3.52. The van der Waals surface area contributed by atoms with Crippen molar-refractivity contribution >= 4 is 32.5 Å². The van der Waals surface area contributed by atoms with Gasteiger partial charge in [0.05, 0.1) is 23.7 Å². The minimum Gasteiger partial charge on any atom is -0.359 e. The predicted molar refractivity (Wildman–Crippen MR) is 73.6 cm³/mol. The average Bonchev–Trinajstić information content (AvgIpc) is 2.45. The second-order valence-corrected chi connectivity index (χ2v) is 5.31. The first kappa shape index (κ1) is 12.8. The van der Waals surface area contributed by atoms with Crippen LogP contribution in [0.5, 0.6) is 5.75 Å².